The van der Waals surface area contributed by atoms with Gasteiger partial charge in [-0.1, -0.05) is 6.07 Å². The minimum atomic E-state index is -0.534. The van der Waals surface area contributed by atoms with Crippen LogP contribution in [-0.4, -0.2) is 15.9 Å². The van der Waals surface area contributed by atoms with Crippen LogP contribution in [0, 0.1) is 17.0 Å². The van der Waals surface area contributed by atoms with E-state index in [0.29, 0.717) is 5.69 Å². The highest BCUT2D eigenvalue weighted by Gasteiger charge is 2.11. The van der Waals surface area contributed by atoms with E-state index in [2.05, 4.69) is 5.32 Å². The van der Waals surface area contributed by atoms with Crippen LogP contribution in [0.25, 0.3) is 0 Å². The molecule has 0 saturated carbocycles. The molecule has 102 valence electrons. The first-order chi connectivity index (χ1) is 9.47. The largest absolute Gasteiger partial charge is 0.506 e. The van der Waals surface area contributed by atoms with Gasteiger partial charge >= 0.3 is 0 Å². The van der Waals surface area contributed by atoms with E-state index in [1.54, 1.807) is 12.1 Å². The van der Waals surface area contributed by atoms with Crippen LogP contribution in [0.2, 0.25) is 0 Å². The minimum Gasteiger partial charge on any atom is -0.506 e. The van der Waals surface area contributed by atoms with Crippen LogP contribution in [0.1, 0.15) is 15.9 Å². The van der Waals surface area contributed by atoms with Crippen LogP contribution in [0.4, 0.5) is 11.4 Å². The number of phenolic OH excluding ortho intramolecular Hbond substituents is 1. The molecule has 0 unspecified atom stereocenters. The van der Waals surface area contributed by atoms with Crippen molar-refractivity contribution in [2.24, 2.45) is 0 Å². The van der Waals surface area contributed by atoms with Crippen LogP contribution in [-0.2, 0) is 0 Å². The summed E-state index contributed by atoms with van der Waals surface area (Å²) in [6.07, 6.45) is 0. The van der Waals surface area contributed by atoms with Gasteiger partial charge in [-0.2, -0.15) is 0 Å². The Balaban J connectivity index is 2.19. The Hall–Kier alpha value is -2.89. The molecule has 0 saturated heterocycles. The number of hydrogen-bond donors (Lipinski definition) is 2. The maximum atomic E-state index is 12.0. The number of amides is 1. The molecule has 0 bridgehead atoms. The summed E-state index contributed by atoms with van der Waals surface area (Å²) in [6.45, 7) is 1.83. The predicted octanol–water partition coefficient (Wildman–Crippen LogP) is 2.86. The number of benzene rings is 2. The summed E-state index contributed by atoms with van der Waals surface area (Å²) >= 11 is 0. The number of nitro groups is 1. The Bertz CT molecular complexity index is 665. The highest BCUT2D eigenvalue weighted by molar-refractivity contribution is 6.05. The van der Waals surface area contributed by atoms with Crippen molar-refractivity contribution in [3.63, 3.8) is 0 Å². The van der Waals surface area contributed by atoms with Gasteiger partial charge in [-0.25, -0.2) is 0 Å². The molecule has 1 amide bonds. The molecule has 2 aromatic carbocycles. The summed E-state index contributed by atoms with van der Waals surface area (Å²) in [5, 5.41) is 22.7. The summed E-state index contributed by atoms with van der Waals surface area (Å²) in [4.78, 5) is 22.0. The zero-order valence-electron chi connectivity index (χ0n) is 10.7. The lowest BCUT2D eigenvalue weighted by atomic mass is 10.1. The number of carbonyl (C=O) groups is 1. The van der Waals surface area contributed by atoms with Crippen LogP contribution < -0.4 is 5.32 Å². The summed E-state index contributed by atoms with van der Waals surface area (Å²) < 4.78 is 0. The number of nitro benzene ring substituents is 1. The first kappa shape index (κ1) is 13.5. The van der Waals surface area contributed by atoms with Crippen LogP contribution in [0.15, 0.2) is 42.5 Å². The predicted molar refractivity (Wildman–Crippen MR) is 73.9 cm³/mol. The number of anilines is 1. The SMILES string of the molecule is Cc1ccc(O)c(NC(=O)c2ccc([N+](=O)[O-])cc2)c1. The lowest BCUT2D eigenvalue weighted by Gasteiger charge is -2.08. The Morgan fingerprint density at radius 3 is 2.45 bits per heavy atom. The van der Waals surface area contributed by atoms with E-state index in [0.717, 1.165) is 5.56 Å². The molecule has 0 fully saturated rings. The zero-order chi connectivity index (χ0) is 14.7. The first-order valence-electron chi connectivity index (χ1n) is 5.83. The fourth-order valence-electron chi connectivity index (χ4n) is 1.68. The summed E-state index contributed by atoms with van der Waals surface area (Å²) in [6, 6.07) is 10.1. The normalized spacial score (nSPS) is 10.1. The summed E-state index contributed by atoms with van der Waals surface area (Å²) in [7, 11) is 0. The van der Waals surface area contributed by atoms with Gasteiger partial charge in [-0.3, -0.25) is 14.9 Å². The second-order valence-corrected chi connectivity index (χ2v) is 4.28. The first-order valence-corrected chi connectivity index (χ1v) is 5.83. The quantitative estimate of drug-likeness (QED) is 0.510. The fraction of sp³-hybridized carbons (Fsp3) is 0.0714. The van der Waals surface area contributed by atoms with Crippen molar-refractivity contribution in [3.8, 4) is 5.75 Å². The highest BCUT2D eigenvalue weighted by atomic mass is 16.6. The van der Waals surface area contributed by atoms with Gasteiger partial charge in [-0.15, -0.1) is 0 Å². The molecule has 0 atom stereocenters. The van der Waals surface area contributed by atoms with E-state index in [9.17, 15) is 20.0 Å². The molecule has 6 nitrogen and oxygen atoms in total. The number of non-ortho nitro benzene ring substituents is 1. The highest BCUT2D eigenvalue weighted by Crippen LogP contribution is 2.24. The molecule has 0 aliphatic heterocycles. The number of aromatic hydroxyl groups is 1. The van der Waals surface area contributed by atoms with Gasteiger partial charge in [0.05, 0.1) is 10.6 Å². The molecule has 2 rings (SSSR count). The summed E-state index contributed by atoms with van der Waals surface area (Å²) in [5.74, 6) is -0.480. The van der Waals surface area contributed by atoms with Crippen molar-refractivity contribution in [2.45, 2.75) is 6.92 Å². The van der Waals surface area contributed by atoms with Crippen molar-refractivity contribution in [1.29, 1.82) is 0 Å². The average Bonchev–Trinajstić information content (AvgIpc) is 2.43. The molecule has 0 aromatic heterocycles. The maximum Gasteiger partial charge on any atom is 0.269 e. The van der Waals surface area contributed by atoms with Gasteiger partial charge in [0.25, 0.3) is 11.6 Å². The van der Waals surface area contributed by atoms with Crippen molar-refractivity contribution in [3.05, 3.63) is 63.7 Å². The Kier molecular flexibility index (Phi) is 3.65. The summed E-state index contributed by atoms with van der Waals surface area (Å²) in [5.41, 5.74) is 1.38. The number of rotatable bonds is 3. The fourth-order valence-corrected chi connectivity index (χ4v) is 1.68. The molecule has 2 N–H and O–H groups in total. The van der Waals surface area contributed by atoms with Crippen LogP contribution >= 0.6 is 0 Å². The van der Waals surface area contributed by atoms with Crippen molar-refractivity contribution in [1.82, 2.24) is 0 Å². The molecule has 6 heteroatoms. The molecular formula is C14H12N2O4. The van der Waals surface area contributed by atoms with Crippen LogP contribution in [0.3, 0.4) is 0 Å². The minimum absolute atomic E-state index is 0.0362. The third kappa shape index (κ3) is 2.92. The van der Waals surface area contributed by atoms with E-state index in [1.807, 2.05) is 6.92 Å². The average molecular weight is 272 g/mol. The number of aryl methyl sites for hydroxylation is 1. The molecule has 20 heavy (non-hydrogen) atoms. The van der Waals surface area contributed by atoms with E-state index >= 15 is 0 Å². The molecular weight excluding hydrogens is 260 g/mol. The van der Waals surface area contributed by atoms with Gasteiger partial charge in [0.15, 0.2) is 0 Å². The number of hydrogen-bond acceptors (Lipinski definition) is 4. The lowest BCUT2D eigenvalue weighted by Crippen LogP contribution is -2.12. The standard InChI is InChI=1S/C14H12N2O4/c1-9-2-7-13(17)12(8-9)15-14(18)10-3-5-11(6-4-10)16(19)20/h2-8,17H,1H3,(H,15,18). The third-order valence-electron chi connectivity index (χ3n) is 2.74. The van der Waals surface area contributed by atoms with E-state index in [1.165, 1.54) is 30.3 Å². The number of phenols is 1. The van der Waals surface area contributed by atoms with Crippen molar-refractivity contribution < 1.29 is 14.8 Å². The Labute approximate surface area is 114 Å². The smallest absolute Gasteiger partial charge is 0.269 e. The van der Waals surface area contributed by atoms with Crippen molar-refractivity contribution >= 4 is 17.3 Å². The maximum absolute atomic E-state index is 12.0. The molecule has 0 radical (unpaired) electrons. The second-order valence-electron chi connectivity index (χ2n) is 4.28. The number of nitrogens with zero attached hydrogens (tertiary/aromatic N) is 1. The van der Waals surface area contributed by atoms with Gasteiger partial charge in [-0.05, 0) is 36.8 Å². The molecule has 0 aliphatic rings. The molecule has 0 aliphatic carbocycles. The Morgan fingerprint density at radius 2 is 1.85 bits per heavy atom. The van der Waals surface area contributed by atoms with Gasteiger partial charge in [0, 0.05) is 17.7 Å². The molecule has 2 aromatic rings. The zero-order valence-corrected chi connectivity index (χ0v) is 10.7. The number of carbonyl (C=O) groups excluding carboxylic acids is 1. The van der Waals surface area contributed by atoms with E-state index < -0.39 is 10.8 Å². The van der Waals surface area contributed by atoms with Gasteiger partial charge < -0.3 is 10.4 Å². The Morgan fingerprint density at radius 1 is 1.20 bits per heavy atom. The van der Waals surface area contributed by atoms with Gasteiger partial charge in [0.1, 0.15) is 5.75 Å². The molecule has 0 spiro atoms. The monoisotopic (exact) mass is 272 g/mol. The third-order valence-corrected chi connectivity index (χ3v) is 2.74. The lowest BCUT2D eigenvalue weighted by molar-refractivity contribution is -0.384. The second kappa shape index (κ2) is 5.40. The van der Waals surface area contributed by atoms with E-state index in [-0.39, 0.29) is 17.0 Å². The topological polar surface area (TPSA) is 92.5 Å². The molecule has 0 heterocycles. The van der Waals surface area contributed by atoms with Crippen molar-refractivity contribution in [2.75, 3.05) is 5.32 Å². The van der Waals surface area contributed by atoms with Gasteiger partial charge in [0.2, 0.25) is 0 Å². The van der Waals surface area contributed by atoms with E-state index in [4.69, 9.17) is 0 Å². The number of nitrogens with one attached hydrogen (secondary N) is 1. The van der Waals surface area contributed by atoms with Crippen LogP contribution in [0.5, 0.6) is 5.75 Å².